The number of nitrogens with one attached hydrogen (secondary N) is 1. The zero-order valence-corrected chi connectivity index (χ0v) is 11.1. The van der Waals surface area contributed by atoms with Crippen LogP contribution in [0, 0.1) is 5.82 Å². The minimum Gasteiger partial charge on any atom is -0.467 e. The first-order chi connectivity index (χ1) is 9.40. The van der Waals surface area contributed by atoms with Crippen LogP contribution in [-0.4, -0.2) is 26.1 Å². The van der Waals surface area contributed by atoms with E-state index < -0.39 is 25.4 Å². The van der Waals surface area contributed by atoms with Gasteiger partial charge in [0.2, 0.25) is 0 Å². The van der Waals surface area contributed by atoms with Crippen molar-refractivity contribution in [3.8, 4) is 5.75 Å². The van der Waals surface area contributed by atoms with Crippen molar-refractivity contribution in [2.45, 2.75) is 26.1 Å². The van der Waals surface area contributed by atoms with E-state index in [-0.39, 0.29) is 5.75 Å². The summed E-state index contributed by atoms with van der Waals surface area (Å²) in [6, 6.07) is 4.00. The molecule has 1 rings (SSSR count). The lowest BCUT2D eigenvalue weighted by Gasteiger charge is -2.11. The van der Waals surface area contributed by atoms with Crippen molar-refractivity contribution in [3.63, 3.8) is 0 Å². The molecule has 0 saturated heterocycles. The second kappa shape index (κ2) is 8.06. The number of benzene rings is 1. The van der Waals surface area contributed by atoms with E-state index in [0.29, 0.717) is 12.1 Å². The molecule has 0 unspecified atom stereocenters. The second-order valence-electron chi connectivity index (χ2n) is 4.20. The van der Waals surface area contributed by atoms with E-state index in [9.17, 15) is 17.6 Å². The molecule has 1 aromatic rings. The standard InChI is InChI=1S/C13H17F4NO2/c1-2-3-18-7-10-4-11(14)6-12(5-10)20-9-19-8-13(15,16)17/h4-6,18H,2-3,7-9H2,1H3. The fraction of sp³-hybridized carbons (Fsp3) is 0.538. The Bertz CT molecular complexity index is 410. The molecule has 1 aromatic carbocycles. The minimum absolute atomic E-state index is 0.139. The third-order valence-electron chi connectivity index (χ3n) is 2.26. The molecule has 0 radical (unpaired) electrons. The van der Waals surface area contributed by atoms with Gasteiger partial charge in [-0.2, -0.15) is 13.2 Å². The molecule has 0 atom stereocenters. The van der Waals surface area contributed by atoms with E-state index in [4.69, 9.17) is 4.74 Å². The second-order valence-corrected chi connectivity index (χ2v) is 4.20. The summed E-state index contributed by atoms with van der Waals surface area (Å²) in [6.45, 7) is 1.29. The highest BCUT2D eigenvalue weighted by atomic mass is 19.4. The number of hydrogen-bond acceptors (Lipinski definition) is 3. The zero-order valence-electron chi connectivity index (χ0n) is 11.1. The molecule has 0 aromatic heterocycles. The van der Waals surface area contributed by atoms with Crippen molar-refractivity contribution in [3.05, 3.63) is 29.6 Å². The lowest BCUT2D eigenvalue weighted by Crippen LogP contribution is -2.19. The normalized spacial score (nSPS) is 11.7. The minimum atomic E-state index is -4.40. The van der Waals surface area contributed by atoms with Crippen molar-refractivity contribution in [1.82, 2.24) is 5.32 Å². The van der Waals surface area contributed by atoms with Gasteiger partial charge in [-0.25, -0.2) is 4.39 Å². The zero-order chi connectivity index (χ0) is 15.0. The van der Waals surface area contributed by atoms with E-state index >= 15 is 0 Å². The van der Waals surface area contributed by atoms with Gasteiger partial charge in [0.15, 0.2) is 6.79 Å². The van der Waals surface area contributed by atoms with Crippen molar-refractivity contribution in [2.24, 2.45) is 0 Å². The summed E-state index contributed by atoms with van der Waals surface area (Å²) in [5, 5.41) is 3.09. The van der Waals surface area contributed by atoms with Crippen LogP contribution in [0.25, 0.3) is 0 Å². The summed E-state index contributed by atoms with van der Waals surface area (Å²) in [5.41, 5.74) is 0.657. The van der Waals surface area contributed by atoms with Crippen molar-refractivity contribution >= 4 is 0 Å². The fourth-order valence-electron chi connectivity index (χ4n) is 1.48. The van der Waals surface area contributed by atoms with Crippen molar-refractivity contribution < 1.29 is 27.0 Å². The molecule has 114 valence electrons. The van der Waals surface area contributed by atoms with Gasteiger partial charge >= 0.3 is 6.18 Å². The van der Waals surface area contributed by atoms with Crippen LogP contribution in [0.4, 0.5) is 17.6 Å². The molecule has 0 aliphatic carbocycles. The third-order valence-corrected chi connectivity index (χ3v) is 2.26. The Morgan fingerprint density at radius 2 is 1.95 bits per heavy atom. The number of hydrogen-bond donors (Lipinski definition) is 1. The molecule has 0 spiro atoms. The van der Waals surface area contributed by atoms with Crippen LogP contribution in [0.1, 0.15) is 18.9 Å². The first-order valence-corrected chi connectivity index (χ1v) is 6.18. The van der Waals surface area contributed by atoms with Crippen LogP contribution in [0.15, 0.2) is 18.2 Å². The number of alkyl halides is 3. The van der Waals surface area contributed by atoms with Gasteiger partial charge in [-0.1, -0.05) is 6.92 Å². The first-order valence-electron chi connectivity index (χ1n) is 6.18. The van der Waals surface area contributed by atoms with Crippen LogP contribution in [-0.2, 0) is 11.3 Å². The van der Waals surface area contributed by atoms with E-state index in [1.165, 1.54) is 6.07 Å². The number of ether oxygens (including phenoxy) is 2. The van der Waals surface area contributed by atoms with E-state index in [0.717, 1.165) is 19.0 Å². The van der Waals surface area contributed by atoms with Crippen molar-refractivity contribution in [1.29, 1.82) is 0 Å². The molecule has 3 nitrogen and oxygen atoms in total. The molecule has 1 N–H and O–H groups in total. The molecular formula is C13H17F4NO2. The average Bonchev–Trinajstić information content (AvgIpc) is 2.33. The molecule has 0 heterocycles. The Morgan fingerprint density at radius 1 is 1.20 bits per heavy atom. The Balaban J connectivity index is 2.44. The van der Waals surface area contributed by atoms with Crippen molar-refractivity contribution in [2.75, 3.05) is 19.9 Å². The monoisotopic (exact) mass is 295 g/mol. The lowest BCUT2D eigenvalue weighted by atomic mass is 10.2. The third kappa shape index (κ3) is 7.30. The Kier molecular flexibility index (Phi) is 6.74. The summed E-state index contributed by atoms with van der Waals surface area (Å²) in [5.74, 6) is -0.368. The number of halogens is 4. The molecule has 0 aliphatic rings. The van der Waals surface area contributed by atoms with Gasteiger partial charge in [-0.15, -0.1) is 0 Å². The van der Waals surface area contributed by atoms with Crippen LogP contribution in [0.2, 0.25) is 0 Å². The summed E-state index contributed by atoms with van der Waals surface area (Å²) in [7, 11) is 0. The van der Waals surface area contributed by atoms with E-state index in [2.05, 4.69) is 10.1 Å². The topological polar surface area (TPSA) is 30.5 Å². The molecule has 0 saturated carbocycles. The molecule has 0 bridgehead atoms. The predicted molar refractivity (Wildman–Crippen MR) is 65.9 cm³/mol. The van der Waals surface area contributed by atoms with E-state index in [1.54, 1.807) is 6.07 Å². The Hall–Kier alpha value is -1.34. The highest BCUT2D eigenvalue weighted by Crippen LogP contribution is 2.18. The van der Waals surface area contributed by atoms with Gasteiger partial charge in [0.05, 0.1) is 0 Å². The fourth-order valence-corrected chi connectivity index (χ4v) is 1.48. The smallest absolute Gasteiger partial charge is 0.411 e. The first kappa shape index (κ1) is 16.7. The van der Waals surface area contributed by atoms with Crippen LogP contribution < -0.4 is 10.1 Å². The summed E-state index contributed by atoms with van der Waals surface area (Å²) in [4.78, 5) is 0. The summed E-state index contributed by atoms with van der Waals surface area (Å²) in [6.07, 6.45) is -3.45. The molecule has 0 fully saturated rings. The Labute approximate surface area is 114 Å². The maximum absolute atomic E-state index is 13.3. The van der Waals surface area contributed by atoms with E-state index in [1.807, 2.05) is 6.92 Å². The highest BCUT2D eigenvalue weighted by molar-refractivity contribution is 5.29. The predicted octanol–water partition coefficient (Wildman–Crippen LogP) is 3.24. The molecular weight excluding hydrogens is 278 g/mol. The SMILES string of the molecule is CCCNCc1cc(F)cc(OCOCC(F)(F)F)c1. The van der Waals surface area contributed by atoms with Gasteiger partial charge in [-0.3, -0.25) is 0 Å². The molecule has 0 aliphatic heterocycles. The maximum Gasteiger partial charge on any atom is 0.411 e. The molecule has 0 amide bonds. The quantitative estimate of drug-likeness (QED) is 0.454. The Morgan fingerprint density at radius 3 is 2.60 bits per heavy atom. The van der Waals surface area contributed by atoms with Gasteiger partial charge in [0.25, 0.3) is 0 Å². The summed E-state index contributed by atoms with van der Waals surface area (Å²) >= 11 is 0. The largest absolute Gasteiger partial charge is 0.467 e. The number of rotatable bonds is 8. The summed E-state index contributed by atoms with van der Waals surface area (Å²) < 4.78 is 58.0. The van der Waals surface area contributed by atoms with Gasteiger partial charge in [0, 0.05) is 12.6 Å². The lowest BCUT2D eigenvalue weighted by molar-refractivity contribution is -0.186. The highest BCUT2D eigenvalue weighted by Gasteiger charge is 2.27. The molecule has 7 heteroatoms. The van der Waals surface area contributed by atoms with Gasteiger partial charge < -0.3 is 14.8 Å². The van der Waals surface area contributed by atoms with Gasteiger partial charge in [-0.05, 0) is 30.7 Å². The maximum atomic E-state index is 13.3. The molecule has 20 heavy (non-hydrogen) atoms. The average molecular weight is 295 g/mol. The van der Waals surface area contributed by atoms with Crippen LogP contribution in [0.3, 0.4) is 0 Å². The van der Waals surface area contributed by atoms with Crippen LogP contribution in [0.5, 0.6) is 5.75 Å². The van der Waals surface area contributed by atoms with Crippen LogP contribution >= 0.6 is 0 Å². The van der Waals surface area contributed by atoms with Gasteiger partial charge in [0.1, 0.15) is 18.2 Å².